The van der Waals surface area contributed by atoms with Gasteiger partial charge in [0.2, 0.25) is 0 Å². The highest BCUT2D eigenvalue weighted by Gasteiger charge is 3.03. The van der Waals surface area contributed by atoms with Crippen LogP contribution in [0, 0.1) is 0 Å². The van der Waals surface area contributed by atoms with Crippen LogP contribution in [0.25, 0.3) is 0 Å². The van der Waals surface area contributed by atoms with Gasteiger partial charge in [-0.05, 0) is 0 Å². The third-order valence-electron chi connectivity index (χ3n) is 8.51. The molecule has 1 atom stereocenters. The molecule has 0 amide bonds. The van der Waals surface area contributed by atoms with Crippen molar-refractivity contribution in [1.82, 2.24) is 0 Å². The molecule has 0 fully saturated rings. The highest BCUT2D eigenvalue weighted by Crippen LogP contribution is 2.72. The van der Waals surface area contributed by atoms with Crippen LogP contribution in [0.2, 0.25) is 0 Å². The molecule has 0 radical (unpaired) electrons. The minimum absolute atomic E-state index is 0.166. The molecule has 0 aliphatic heterocycles. The Balaban J connectivity index is 8.29. The zero-order chi connectivity index (χ0) is 55.0. The Kier molecular flexibility index (Phi) is 14.8. The highest BCUT2D eigenvalue weighted by atomic mass is 19.4. The van der Waals surface area contributed by atoms with Gasteiger partial charge in [-0.3, -0.25) is 0 Å². The summed E-state index contributed by atoms with van der Waals surface area (Å²) in [4.78, 5) is 0. The Bertz CT molecular complexity index is 1720. The van der Waals surface area contributed by atoms with E-state index in [2.05, 4.69) is 0 Å². The van der Waals surface area contributed by atoms with Crippen molar-refractivity contribution in [1.29, 1.82) is 0 Å². The first-order chi connectivity index (χ1) is 27.8. The normalized spacial score (nSPS) is 18.0. The minimum Gasteiger partial charge on any atom is -0.223 e. The second-order valence-corrected chi connectivity index (χ2v) is 12.7. The third kappa shape index (κ3) is 6.95. The van der Waals surface area contributed by atoms with Crippen molar-refractivity contribution in [3.05, 3.63) is 0 Å². The maximum absolute atomic E-state index is 14.7. The van der Waals surface area contributed by atoms with Gasteiger partial charge in [0, 0.05) is 6.42 Å². The lowest BCUT2D eigenvalue weighted by Crippen LogP contribution is -2.82. The van der Waals surface area contributed by atoms with Crippen LogP contribution in [0.1, 0.15) is 19.8 Å². The van der Waals surface area contributed by atoms with Crippen LogP contribution in [0.15, 0.2) is 0 Å². The standard InChI is InChI=1S/C24H8F42/c1-2-3-5(27,28)7(30,31)10(36,37)13(42,43)16(48,49)17(50,51)14(44,45)11(38,39)8(32,33)6(29,4(25)26)9(34,35)12(40,41)15(46,47)18(52,53)19(54,55)20(56,57)21(58,59)22(60,61)23(62,63)24(64,65)66/h4H,2-3H2,1H3. The zero-order valence-electron chi connectivity index (χ0n) is 28.9. The lowest BCUT2D eigenvalue weighted by molar-refractivity contribution is -0.490. The topological polar surface area (TPSA) is 0 Å². The molecular formula is C24H8F42. The molecule has 0 aromatic heterocycles. The van der Waals surface area contributed by atoms with Crippen molar-refractivity contribution in [3.8, 4) is 0 Å². The molecule has 1 unspecified atom stereocenters. The lowest BCUT2D eigenvalue weighted by Gasteiger charge is -2.49. The summed E-state index contributed by atoms with van der Waals surface area (Å²) in [5, 5.41) is 0. The molecule has 0 nitrogen and oxygen atoms in total. The molecular weight excluding hydrogens is 1090 g/mol. The molecule has 42 heteroatoms. The van der Waals surface area contributed by atoms with Gasteiger partial charge in [-0.15, -0.1) is 0 Å². The summed E-state index contributed by atoms with van der Waals surface area (Å²) in [5.74, 6) is -178. The van der Waals surface area contributed by atoms with Gasteiger partial charge < -0.3 is 0 Å². The maximum atomic E-state index is 14.7. The molecule has 0 saturated heterocycles. The SMILES string of the molecule is CCCC(F)(F)C(F)(F)C(F)(F)C(F)(F)C(F)(F)C(F)(F)C(F)(F)C(F)(F)C(F)(F)C(F)(C(F)F)C(F)(F)C(F)(F)C(F)(F)C(F)(F)C(F)(F)C(F)(F)C(F)(F)C(F)(F)C(F)(F)C(F)(F)F. The summed E-state index contributed by atoms with van der Waals surface area (Å²) < 4.78 is 577. The molecule has 0 heterocycles. The Labute approximate surface area is 330 Å². The fourth-order valence-electron chi connectivity index (χ4n) is 4.37. The first kappa shape index (κ1) is 63.1. The molecule has 0 rings (SSSR count). The molecule has 0 aliphatic rings. The number of hydrogen-bond acceptors (Lipinski definition) is 0. The minimum atomic E-state index is -10.7. The van der Waals surface area contributed by atoms with Crippen molar-refractivity contribution >= 4 is 0 Å². The van der Waals surface area contributed by atoms with E-state index >= 15 is 0 Å². The monoisotopic (exact) mass is 1090 g/mol. The summed E-state index contributed by atoms with van der Waals surface area (Å²) in [6.07, 6.45) is -21.5. The van der Waals surface area contributed by atoms with E-state index in [-0.39, 0.29) is 6.92 Å². The average Bonchev–Trinajstić information content (AvgIpc) is 3.08. The van der Waals surface area contributed by atoms with E-state index in [0.717, 1.165) is 0 Å². The maximum Gasteiger partial charge on any atom is 0.460 e. The van der Waals surface area contributed by atoms with E-state index in [0.29, 0.717) is 0 Å². The molecule has 0 bridgehead atoms. The number of alkyl halides is 42. The van der Waals surface area contributed by atoms with Crippen LogP contribution >= 0.6 is 0 Å². The quantitative estimate of drug-likeness (QED) is 0.101. The van der Waals surface area contributed by atoms with Crippen LogP contribution in [-0.2, 0) is 0 Å². The van der Waals surface area contributed by atoms with Crippen LogP contribution in [0.5, 0.6) is 0 Å². The summed E-state index contributed by atoms with van der Waals surface area (Å²) in [6, 6.07) is 0. The Morgan fingerprint density at radius 1 is 0.227 bits per heavy atom. The molecule has 0 aromatic rings. The van der Waals surface area contributed by atoms with Gasteiger partial charge in [0.1, 0.15) is 0 Å². The van der Waals surface area contributed by atoms with E-state index < -0.39 is 138 Å². The van der Waals surface area contributed by atoms with Gasteiger partial charge in [-0.25, -0.2) is 13.2 Å². The first-order valence-electron chi connectivity index (χ1n) is 14.6. The molecule has 0 aromatic carbocycles. The van der Waals surface area contributed by atoms with Crippen molar-refractivity contribution < 1.29 is 184 Å². The van der Waals surface area contributed by atoms with Crippen molar-refractivity contribution in [2.45, 2.75) is 145 Å². The van der Waals surface area contributed by atoms with Crippen LogP contribution in [-0.4, -0.2) is 125 Å². The second-order valence-electron chi connectivity index (χ2n) is 12.7. The molecule has 0 spiro atoms. The van der Waals surface area contributed by atoms with Gasteiger partial charge in [-0.1, -0.05) is 13.3 Å². The molecule has 0 N–H and O–H groups in total. The van der Waals surface area contributed by atoms with Gasteiger partial charge in [0.25, 0.3) is 6.43 Å². The van der Waals surface area contributed by atoms with Crippen molar-refractivity contribution in [3.63, 3.8) is 0 Å². The summed E-state index contributed by atoms with van der Waals surface area (Å²) >= 11 is 0. The molecule has 0 aliphatic carbocycles. The third-order valence-corrected chi connectivity index (χ3v) is 8.51. The van der Waals surface area contributed by atoms with E-state index in [1.165, 1.54) is 0 Å². The highest BCUT2D eigenvalue weighted by molar-refractivity contribution is 5.26. The summed E-state index contributed by atoms with van der Waals surface area (Å²) in [7, 11) is 0. The summed E-state index contributed by atoms with van der Waals surface area (Å²) in [6.45, 7) is 0.166. The predicted octanol–water partition coefficient (Wildman–Crippen LogP) is 14.8. The van der Waals surface area contributed by atoms with Crippen molar-refractivity contribution in [2.24, 2.45) is 0 Å². The van der Waals surface area contributed by atoms with E-state index in [9.17, 15) is 184 Å². The fraction of sp³-hybridized carbons (Fsp3) is 1.00. The molecule has 398 valence electrons. The van der Waals surface area contributed by atoms with Crippen molar-refractivity contribution in [2.75, 3.05) is 0 Å². The second kappa shape index (κ2) is 15.5. The van der Waals surface area contributed by atoms with Crippen LogP contribution < -0.4 is 0 Å². The van der Waals surface area contributed by atoms with Gasteiger partial charge in [0.05, 0.1) is 0 Å². The number of hydrogen-bond donors (Lipinski definition) is 0. The largest absolute Gasteiger partial charge is 0.460 e. The molecule has 0 saturated carbocycles. The number of rotatable bonds is 21. The Hall–Kier alpha value is -2.94. The van der Waals surface area contributed by atoms with Crippen LogP contribution in [0.4, 0.5) is 184 Å². The van der Waals surface area contributed by atoms with E-state index in [1.807, 2.05) is 0 Å². The number of halogens is 42. The van der Waals surface area contributed by atoms with E-state index in [1.54, 1.807) is 0 Å². The Morgan fingerprint density at radius 3 is 0.530 bits per heavy atom. The van der Waals surface area contributed by atoms with E-state index in [4.69, 9.17) is 0 Å². The summed E-state index contributed by atoms with van der Waals surface area (Å²) in [5.41, 5.74) is -10.4. The average molecular weight is 1090 g/mol. The molecule has 66 heavy (non-hydrogen) atoms. The van der Waals surface area contributed by atoms with Gasteiger partial charge >= 0.3 is 118 Å². The smallest absolute Gasteiger partial charge is 0.223 e. The Morgan fingerprint density at radius 2 is 0.379 bits per heavy atom. The first-order valence-corrected chi connectivity index (χ1v) is 14.6. The lowest BCUT2D eigenvalue weighted by atomic mass is 9.76. The zero-order valence-corrected chi connectivity index (χ0v) is 28.9. The van der Waals surface area contributed by atoms with Crippen LogP contribution in [0.3, 0.4) is 0 Å². The fourth-order valence-corrected chi connectivity index (χ4v) is 4.37. The van der Waals surface area contributed by atoms with Gasteiger partial charge in [-0.2, -0.15) is 171 Å². The predicted molar refractivity (Wildman–Crippen MR) is 120 cm³/mol. The van der Waals surface area contributed by atoms with Gasteiger partial charge in [0.15, 0.2) is 0 Å².